The van der Waals surface area contributed by atoms with Gasteiger partial charge in [0.15, 0.2) is 5.69 Å². The predicted molar refractivity (Wildman–Crippen MR) is 106 cm³/mol. The maximum Gasteiger partial charge on any atom is 0.273 e. The van der Waals surface area contributed by atoms with E-state index in [1.54, 1.807) is 11.8 Å². The lowest BCUT2D eigenvalue weighted by atomic mass is 10.0. The van der Waals surface area contributed by atoms with Gasteiger partial charge in [0.2, 0.25) is 0 Å². The van der Waals surface area contributed by atoms with Crippen LogP contribution in [0.1, 0.15) is 39.2 Å². The molecule has 0 aliphatic carbocycles. The van der Waals surface area contributed by atoms with Gasteiger partial charge in [-0.25, -0.2) is 0 Å². The van der Waals surface area contributed by atoms with E-state index in [0.717, 1.165) is 22.2 Å². The van der Waals surface area contributed by atoms with Gasteiger partial charge in [-0.15, -0.1) is 6.42 Å². The number of terminal acetylenes is 1. The zero-order valence-electron chi connectivity index (χ0n) is 15.8. The molecule has 0 saturated heterocycles. The molecule has 2 N–H and O–H groups in total. The zero-order chi connectivity index (χ0) is 19.8. The first kappa shape index (κ1) is 17.9. The number of benzene rings is 1. The highest BCUT2D eigenvalue weighted by molar-refractivity contribution is 5.99. The van der Waals surface area contributed by atoms with Crippen molar-refractivity contribution in [2.75, 3.05) is 6.54 Å². The third-order valence-corrected chi connectivity index (χ3v) is 5.20. The van der Waals surface area contributed by atoms with E-state index < -0.39 is 0 Å². The van der Waals surface area contributed by atoms with Gasteiger partial charge in [0.25, 0.3) is 11.8 Å². The van der Waals surface area contributed by atoms with Gasteiger partial charge >= 0.3 is 0 Å². The van der Waals surface area contributed by atoms with Crippen molar-refractivity contribution in [1.29, 1.82) is 0 Å². The first-order valence-electron chi connectivity index (χ1n) is 9.16. The van der Waals surface area contributed by atoms with Gasteiger partial charge in [-0.3, -0.25) is 14.7 Å². The van der Waals surface area contributed by atoms with Crippen LogP contribution in [-0.2, 0) is 20.0 Å². The SMILES string of the molecule is C#CC(C)NC(=O)c1n[nH]c2c1CCN(C(=O)c1cc3ccccc3n1C)C2. The molecule has 3 aromatic rings. The van der Waals surface area contributed by atoms with Crippen molar-refractivity contribution >= 4 is 22.7 Å². The fourth-order valence-electron chi connectivity index (χ4n) is 3.64. The van der Waals surface area contributed by atoms with Crippen LogP contribution in [0.25, 0.3) is 10.9 Å². The number of hydrogen-bond acceptors (Lipinski definition) is 3. The highest BCUT2D eigenvalue weighted by Crippen LogP contribution is 2.24. The Morgan fingerprint density at radius 1 is 1.36 bits per heavy atom. The summed E-state index contributed by atoms with van der Waals surface area (Å²) in [6, 6.07) is 9.46. The van der Waals surface area contributed by atoms with Crippen molar-refractivity contribution in [3.05, 3.63) is 53.0 Å². The zero-order valence-corrected chi connectivity index (χ0v) is 15.8. The van der Waals surface area contributed by atoms with Crippen LogP contribution in [0.5, 0.6) is 0 Å². The summed E-state index contributed by atoms with van der Waals surface area (Å²) in [5, 5.41) is 10.8. The van der Waals surface area contributed by atoms with Gasteiger partial charge in [-0.2, -0.15) is 5.10 Å². The van der Waals surface area contributed by atoms with E-state index >= 15 is 0 Å². The molecule has 0 spiro atoms. The molecule has 0 bridgehead atoms. The van der Waals surface area contributed by atoms with Crippen LogP contribution in [0.4, 0.5) is 0 Å². The average molecular weight is 375 g/mol. The summed E-state index contributed by atoms with van der Waals surface area (Å²) in [5.41, 5.74) is 3.66. The molecule has 1 aliphatic rings. The summed E-state index contributed by atoms with van der Waals surface area (Å²) < 4.78 is 1.92. The number of carbonyl (C=O) groups is 2. The number of fused-ring (bicyclic) bond motifs is 2. The number of nitrogens with one attached hydrogen (secondary N) is 2. The largest absolute Gasteiger partial charge is 0.340 e. The van der Waals surface area contributed by atoms with E-state index in [9.17, 15) is 9.59 Å². The molecule has 0 fully saturated rings. The van der Waals surface area contributed by atoms with Gasteiger partial charge in [0.05, 0.1) is 18.3 Å². The number of aryl methyl sites for hydroxylation is 1. The average Bonchev–Trinajstić information content (AvgIpc) is 3.28. The molecule has 28 heavy (non-hydrogen) atoms. The molecule has 1 unspecified atom stereocenters. The van der Waals surface area contributed by atoms with Gasteiger partial charge < -0.3 is 14.8 Å². The molecule has 7 heteroatoms. The topological polar surface area (TPSA) is 83.0 Å². The third-order valence-electron chi connectivity index (χ3n) is 5.20. The van der Waals surface area contributed by atoms with Gasteiger partial charge in [0, 0.05) is 30.1 Å². The summed E-state index contributed by atoms with van der Waals surface area (Å²) in [6.07, 6.45) is 5.88. The maximum atomic E-state index is 13.1. The number of para-hydroxylation sites is 1. The fraction of sp³-hybridized carbons (Fsp3) is 0.286. The number of H-pyrrole nitrogens is 1. The van der Waals surface area contributed by atoms with Crippen LogP contribution < -0.4 is 5.32 Å². The van der Waals surface area contributed by atoms with E-state index in [4.69, 9.17) is 6.42 Å². The van der Waals surface area contributed by atoms with Crippen LogP contribution in [0.3, 0.4) is 0 Å². The molecule has 1 aromatic carbocycles. The summed E-state index contributed by atoms with van der Waals surface area (Å²) in [4.78, 5) is 27.2. The van der Waals surface area contributed by atoms with Crippen LogP contribution >= 0.6 is 0 Å². The molecule has 7 nitrogen and oxygen atoms in total. The standard InChI is InChI=1S/C21H21N5O2/c1-4-13(2)22-20(27)19-15-9-10-26(12-16(15)23-24-19)21(28)18-11-14-7-5-6-8-17(14)25(18)3/h1,5-8,11,13H,9-10,12H2,2-3H3,(H,22,27)(H,23,24). The van der Waals surface area contributed by atoms with Crippen LogP contribution in [0.15, 0.2) is 30.3 Å². The Morgan fingerprint density at radius 3 is 2.89 bits per heavy atom. The van der Waals surface area contributed by atoms with Crippen LogP contribution in [-0.4, -0.2) is 44.1 Å². The first-order valence-corrected chi connectivity index (χ1v) is 9.16. The Hall–Kier alpha value is -3.53. The molecule has 142 valence electrons. The molecule has 0 saturated carbocycles. The van der Waals surface area contributed by atoms with Crippen molar-refractivity contribution in [3.8, 4) is 12.3 Å². The fourth-order valence-corrected chi connectivity index (χ4v) is 3.64. The highest BCUT2D eigenvalue weighted by Gasteiger charge is 2.29. The maximum absolute atomic E-state index is 13.1. The van der Waals surface area contributed by atoms with Crippen LogP contribution in [0.2, 0.25) is 0 Å². The normalized spacial score (nSPS) is 14.4. The summed E-state index contributed by atoms with van der Waals surface area (Å²) >= 11 is 0. The minimum atomic E-state index is -0.368. The summed E-state index contributed by atoms with van der Waals surface area (Å²) in [7, 11) is 1.90. The highest BCUT2D eigenvalue weighted by atomic mass is 16.2. The lowest BCUT2D eigenvalue weighted by Crippen LogP contribution is -2.38. The Bertz CT molecular complexity index is 1120. The predicted octanol–water partition coefficient (Wildman–Crippen LogP) is 1.85. The molecular formula is C21H21N5O2. The smallest absolute Gasteiger partial charge is 0.273 e. The lowest BCUT2D eigenvalue weighted by molar-refractivity contribution is 0.0723. The molecule has 4 rings (SSSR count). The molecule has 2 aromatic heterocycles. The van der Waals surface area contributed by atoms with Crippen molar-refractivity contribution in [2.24, 2.45) is 7.05 Å². The van der Waals surface area contributed by atoms with E-state index in [2.05, 4.69) is 21.4 Å². The van der Waals surface area contributed by atoms with Crippen molar-refractivity contribution in [1.82, 2.24) is 25.0 Å². The second-order valence-electron chi connectivity index (χ2n) is 7.02. The summed E-state index contributed by atoms with van der Waals surface area (Å²) in [6.45, 7) is 2.65. The Morgan fingerprint density at radius 2 is 2.14 bits per heavy atom. The Kier molecular flexibility index (Phi) is 4.40. The minimum absolute atomic E-state index is 0.0362. The van der Waals surface area contributed by atoms with Crippen LogP contribution in [0, 0.1) is 12.3 Å². The number of carbonyl (C=O) groups excluding carboxylic acids is 2. The van der Waals surface area contributed by atoms with Crippen molar-refractivity contribution in [2.45, 2.75) is 25.9 Å². The molecular weight excluding hydrogens is 354 g/mol. The first-order chi connectivity index (χ1) is 13.5. The number of aromatic amines is 1. The van der Waals surface area contributed by atoms with Crippen molar-refractivity contribution < 1.29 is 9.59 Å². The summed E-state index contributed by atoms with van der Waals surface area (Å²) in [5.74, 6) is 2.14. The monoisotopic (exact) mass is 375 g/mol. The van der Waals surface area contributed by atoms with E-state index in [0.29, 0.717) is 30.9 Å². The van der Waals surface area contributed by atoms with Crippen molar-refractivity contribution in [3.63, 3.8) is 0 Å². The van der Waals surface area contributed by atoms with E-state index in [1.165, 1.54) is 0 Å². The Labute approximate surface area is 162 Å². The minimum Gasteiger partial charge on any atom is -0.340 e. The number of rotatable bonds is 3. The number of nitrogens with zero attached hydrogens (tertiary/aromatic N) is 3. The number of hydrogen-bond donors (Lipinski definition) is 2. The van der Waals surface area contributed by atoms with Gasteiger partial charge in [-0.1, -0.05) is 24.1 Å². The van der Waals surface area contributed by atoms with E-state index in [-0.39, 0.29) is 17.9 Å². The molecule has 3 heterocycles. The van der Waals surface area contributed by atoms with Gasteiger partial charge in [-0.05, 0) is 25.5 Å². The number of amides is 2. The Balaban J connectivity index is 1.56. The quantitative estimate of drug-likeness (QED) is 0.686. The molecule has 1 atom stereocenters. The molecule has 2 amide bonds. The third kappa shape index (κ3) is 2.93. The molecule has 1 aliphatic heterocycles. The second-order valence-corrected chi connectivity index (χ2v) is 7.02. The number of aromatic nitrogens is 3. The van der Waals surface area contributed by atoms with Gasteiger partial charge in [0.1, 0.15) is 5.69 Å². The second kappa shape index (κ2) is 6.89. The lowest BCUT2D eigenvalue weighted by Gasteiger charge is -2.27. The van der Waals surface area contributed by atoms with E-state index in [1.807, 2.05) is 41.9 Å². The molecule has 0 radical (unpaired) electrons.